The van der Waals surface area contributed by atoms with E-state index in [-0.39, 0.29) is 11.4 Å². The molecule has 0 saturated carbocycles. The maximum atomic E-state index is 13.0. The van der Waals surface area contributed by atoms with Crippen LogP contribution in [-0.2, 0) is 29.9 Å². The molecule has 0 fully saturated rings. The fourth-order valence-electron chi connectivity index (χ4n) is 3.25. The third-order valence-corrected chi connectivity index (χ3v) is 7.19. The predicted octanol–water partition coefficient (Wildman–Crippen LogP) is 2.20. The van der Waals surface area contributed by atoms with Gasteiger partial charge in [0.1, 0.15) is 4.83 Å². The fraction of sp³-hybridized carbons (Fsp3) is 0.174. The van der Waals surface area contributed by atoms with Crippen LogP contribution in [0.25, 0.3) is 10.2 Å². The molecule has 162 valence electrons. The molecule has 0 amide bonds. The Labute approximate surface area is 188 Å². The Hall–Kier alpha value is -3.48. The van der Waals surface area contributed by atoms with Crippen molar-refractivity contribution in [3.05, 3.63) is 91.7 Å². The van der Waals surface area contributed by atoms with Gasteiger partial charge in [-0.3, -0.25) is 18.9 Å². The van der Waals surface area contributed by atoms with E-state index >= 15 is 0 Å². The number of hydrogen-bond acceptors (Lipinski definition) is 6. The van der Waals surface area contributed by atoms with Crippen molar-refractivity contribution in [1.82, 2.24) is 14.1 Å². The minimum Gasteiger partial charge on any atom is -0.287 e. The van der Waals surface area contributed by atoms with Crippen LogP contribution in [0.5, 0.6) is 0 Å². The summed E-state index contributed by atoms with van der Waals surface area (Å²) in [6.07, 6.45) is 5.12. The van der Waals surface area contributed by atoms with Crippen LogP contribution in [0.1, 0.15) is 16.0 Å². The summed E-state index contributed by atoms with van der Waals surface area (Å²) in [7, 11) is -1.69. The average molecular weight is 466 g/mol. The van der Waals surface area contributed by atoms with Crippen molar-refractivity contribution in [1.29, 1.82) is 0 Å². The highest BCUT2D eigenvalue weighted by atomic mass is 32.2. The van der Waals surface area contributed by atoms with Gasteiger partial charge >= 0.3 is 5.69 Å². The second-order valence-corrected chi connectivity index (χ2v) is 10.4. The first-order valence-electron chi connectivity index (χ1n) is 9.64. The van der Waals surface area contributed by atoms with Crippen molar-refractivity contribution in [3.8, 4) is 11.8 Å². The SMILES string of the molecule is Cn1c(=O)n(Cc2ccc(S(C)(=O)=O)cc2)c(=O)c2cc(C#CCc3cccnc3)sc21. The zero-order valence-electron chi connectivity index (χ0n) is 17.4. The molecule has 3 heterocycles. The van der Waals surface area contributed by atoms with Crippen LogP contribution in [0.2, 0.25) is 0 Å². The molecule has 0 atom stereocenters. The van der Waals surface area contributed by atoms with Crippen molar-refractivity contribution < 1.29 is 8.42 Å². The molecule has 1 aromatic carbocycles. The lowest BCUT2D eigenvalue weighted by Gasteiger charge is -2.09. The smallest absolute Gasteiger partial charge is 0.287 e. The van der Waals surface area contributed by atoms with Crippen molar-refractivity contribution in [2.75, 3.05) is 6.26 Å². The maximum absolute atomic E-state index is 13.0. The molecule has 32 heavy (non-hydrogen) atoms. The van der Waals surface area contributed by atoms with Gasteiger partial charge in [-0.25, -0.2) is 13.2 Å². The van der Waals surface area contributed by atoms with Crippen molar-refractivity contribution in [3.63, 3.8) is 0 Å². The molecule has 0 aliphatic rings. The summed E-state index contributed by atoms with van der Waals surface area (Å²) < 4.78 is 25.9. The lowest BCUT2D eigenvalue weighted by molar-refractivity contribution is 0.601. The van der Waals surface area contributed by atoms with Crippen LogP contribution in [-0.4, -0.2) is 28.8 Å². The Kier molecular flexibility index (Phi) is 5.82. The van der Waals surface area contributed by atoms with Gasteiger partial charge in [-0.1, -0.05) is 30.0 Å². The molecule has 0 spiro atoms. The monoisotopic (exact) mass is 465 g/mol. The summed E-state index contributed by atoms with van der Waals surface area (Å²) in [5.41, 5.74) is 0.818. The molecule has 0 N–H and O–H groups in total. The summed E-state index contributed by atoms with van der Waals surface area (Å²) in [5.74, 6) is 6.15. The molecular weight excluding hydrogens is 446 g/mol. The molecule has 0 bridgehead atoms. The molecular formula is C23H19N3O4S2. The van der Waals surface area contributed by atoms with Crippen LogP contribution >= 0.6 is 11.3 Å². The van der Waals surface area contributed by atoms with E-state index < -0.39 is 21.1 Å². The fourth-order valence-corrected chi connectivity index (χ4v) is 4.86. The number of fused-ring (bicyclic) bond motifs is 1. The van der Waals surface area contributed by atoms with Crippen LogP contribution in [0.4, 0.5) is 0 Å². The minimum absolute atomic E-state index is 0.0450. The lowest BCUT2D eigenvalue weighted by Crippen LogP contribution is -2.38. The number of nitrogens with zero attached hydrogens (tertiary/aromatic N) is 3. The number of benzene rings is 1. The topological polar surface area (TPSA) is 91.0 Å². The Morgan fingerprint density at radius 2 is 1.84 bits per heavy atom. The zero-order valence-corrected chi connectivity index (χ0v) is 19.0. The third kappa shape index (κ3) is 4.42. The first kappa shape index (κ1) is 21.7. The summed E-state index contributed by atoms with van der Waals surface area (Å²) in [5, 5.41) is 0.426. The number of hydrogen-bond donors (Lipinski definition) is 0. The number of thiophene rings is 1. The molecule has 0 saturated heterocycles. The van der Waals surface area contributed by atoms with Crippen LogP contribution < -0.4 is 11.2 Å². The summed E-state index contributed by atoms with van der Waals surface area (Å²) in [6.45, 7) is 0.0450. The van der Waals surface area contributed by atoms with E-state index in [0.29, 0.717) is 27.1 Å². The summed E-state index contributed by atoms with van der Waals surface area (Å²) in [6, 6.07) is 11.7. The molecule has 3 aromatic heterocycles. The quantitative estimate of drug-likeness (QED) is 0.431. The highest BCUT2D eigenvalue weighted by molar-refractivity contribution is 7.90. The van der Waals surface area contributed by atoms with E-state index in [1.807, 2.05) is 12.1 Å². The van der Waals surface area contributed by atoms with E-state index in [0.717, 1.165) is 16.4 Å². The molecule has 0 aliphatic carbocycles. The highest BCUT2D eigenvalue weighted by Crippen LogP contribution is 2.21. The molecule has 4 aromatic rings. The van der Waals surface area contributed by atoms with Gasteiger partial charge in [-0.15, -0.1) is 11.3 Å². The van der Waals surface area contributed by atoms with Gasteiger partial charge in [0.05, 0.1) is 21.7 Å². The molecule has 0 aliphatic heterocycles. The Morgan fingerprint density at radius 1 is 1.09 bits per heavy atom. The molecule has 7 nitrogen and oxygen atoms in total. The second kappa shape index (κ2) is 8.57. The van der Waals surface area contributed by atoms with E-state index in [9.17, 15) is 18.0 Å². The maximum Gasteiger partial charge on any atom is 0.332 e. The van der Waals surface area contributed by atoms with Crippen molar-refractivity contribution >= 4 is 31.4 Å². The van der Waals surface area contributed by atoms with Crippen molar-refractivity contribution in [2.24, 2.45) is 7.05 Å². The number of aromatic nitrogens is 3. The standard InChI is InChI=1S/C23H19N3O4S2/c1-25-22-20(13-18(31-22)7-3-5-16-6-4-12-24-14-16)21(27)26(23(25)28)15-17-8-10-19(11-9-17)32(2,29)30/h4,6,8-14H,5,15H2,1-2H3. The van der Waals surface area contributed by atoms with Crippen LogP contribution in [0, 0.1) is 11.8 Å². The lowest BCUT2D eigenvalue weighted by atomic mass is 10.2. The van der Waals surface area contributed by atoms with Gasteiger partial charge < -0.3 is 0 Å². The summed E-state index contributed by atoms with van der Waals surface area (Å²) >= 11 is 1.30. The number of aryl methyl sites for hydroxylation is 1. The number of rotatable bonds is 4. The van der Waals surface area contributed by atoms with E-state index in [1.165, 1.54) is 28.0 Å². The van der Waals surface area contributed by atoms with Crippen LogP contribution in [0.15, 0.2) is 69.3 Å². The van der Waals surface area contributed by atoms with E-state index in [1.54, 1.807) is 37.6 Å². The minimum atomic E-state index is -3.32. The zero-order chi connectivity index (χ0) is 22.9. The molecule has 0 unspecified atom stereocenters. The predicted molar refractivity (Wildman–Crippen MR) is 125 cm³/mol. The van der Waals surface area contributed by atoms with Gasteiger partial charge in [0, 0.05) is 32.1 Å². The van der Waals surface area contributed by atoms with Gasteiger partial charge in [0.2, 0.25) is 0 Å². The van der Waals surface area contributed by atoms with Gasteiger partial charge in [-0.05, 0) is 35.4 Å². The average Bonchev–Trinajstić information content (AvgIpc) is 3.20. The van der Waals surface area contributed by atoms with E-state index in [4.69, 9.17) is 0 Å². The number of pyridine rings is 1. The Morgan fingerprint density at radius 3 is 2.50 bits per heavy atom. The first-order chi connectivity index (χ1) is 15.2. The second-order valence-electron chi connectivity index (χ2n) is 7.32. The number of sulfone groups is 1. The molecule has 0 radical (unpaired) electrons. The largest absolute Gasteiger partial charge is 0.332 e. The van der Waals surface area contributed by atoms with Gasteiger partial charge in [0.15, 0.2) is 9.84 Å². The van der Waals surface area contributed by atoms with Gasteiger partial charge in [0.25, 0.3) is 5.56 Å². The Bertz CT molecular complexity index is 1590. The third-order valence-electron chi connectivity index (χ3n) is 4.93. The van der Waals surface area contributed by atoms with Crippen molar-refractivity contribution in [2.45, 2.75) is 17.9 Å². The van der Waals surface area contributed by atoms with Gasteiger partial charge in [-0.2, -0.15) is 0 Å². The normalized spacial score (nSPS) is 11.3. The highest BCUT2D eigenvalue weighted by Gasteiger charge is 2.15. The summed E-state index contributed by atoms with van der Waals surface area (Å²) in [4.78, 5) is 31.4. The molecule has 4 rings (SSSR count). The molecule has 9 heteroatoms. The van der Waals surface area contributed by atoms with E-state index in [2.05, 4.69) is 16.8 Å². The first-order valence-corrected chi connectivity index (χ1v) is 12.3. The van der Waals surface area contributed by atoms with Crippen LogP contribution in [0.3, 0.4) is 0 Å². The Balaban J connectivity index is 1.68.